The fourth-order valence-electron chi connectivity index (χ4n) is 5.24. The van der Waals surface area contributed by atoms with Crippen LogP contribution in [-0.4, -0.2) is 39.4 Å². The number of rotatable bonds is 19. The fraction of sp³-hybridized carbons (Fsp3) is 0.238. The maximum absolute atomic E-state index is 13.4. The van der Waals surface area contributed by atoms with Crippen molar-refractivity contribution in [2.75, 3.05) is 6.61 Å². The van der Waals surface area contributed by atoms with Crippen molar-refractivity contribution < 1.29 is 31.5 Å². The van der Waals surface area contributed by atoms with Gasteiger partial charge in [0, 0.05) is 0 Å². The molecule has 0 bridgehead atoms. The van der Waals surface area contributed by atoms with Gasteiger partial charge in [-0.05, 0) is 41.3 Å². The molecule has 0 saturated carbocycles. The smallest absolute Gasteiger partial charge is 0.297 e. The molecule has 258 valence electrons. The van der Waals surface area contributed by atoms with E-state index in [4.69, 9.17) is 29.6 Å². The minimum atomic E-state index is -4.16. The third-order valence-corrected chi connectivity index (χ3v) is 9.30. The molecule has 8 heteroatoms. The van der Waals surface area contributed by atoms with Crippen molar-refractivity contribution in [3.8, 4) is 12.3 Å². The summed E-state index contributed by atoms with van der Waals surface area (Å²) in [5, 5.41) is 0. The van der Waals surface area contributed by atoms with E-state index in [1.807, 2.05) is 128 Å². The van der Waals surface area contributed by atoms with Gasteiger partial charge in [-0.15, -0.1) is 6.42 Å². The maximum Gasteiger partial charge on any atom is 0.297 e. The first-order valence-corrected chi connectivity index (χ1v) is 17.9. The van der Waals surface area contributed by atoms with Crippen molar-refractivity contribution in [1.29, 1.82) is 0 Å². The van der Waals surface area contributed by atoms with E-state index < -0.39 is 34.5 Å². The van der Waals surface area contributed by atoms with E-state index in [9.17, 15) is 8.42 Å². The molecule has 0 aliphatic heterocycles. The monoisotopic (exact) mass is 690 g/mol. The zero-order valence-electron chi connectivity index (χ0n) is 28.0. The number of terminal acetylenes is 1. The second kappa shape index (κ2) is 19.0. The van der Waals surface area contributed by atoms with Crippen LogP contribution in [0.5, 0.6) is 0 Å². The van der Waals surface area contributed by atoms with E-state index in [1.54, 1.807) is 12.1 Å². The Morgan fingerprint density at radius 2 is 0.940 bits per heavy atom. The second-order valence-electron chi connectivity index (χ2n) is 11.8. The van der Waals surface area contributed by atoms with Crippen molar-refractivity contribution >= 4 is 10.1 Å². The van der Waals surface area contributed by atoms with Gasteiger partial charge in [0.2, 0.25) is 0 Å². The Hall–Kier alpha value is -4.59. The van der Waals surface area contributed by atoms with Crippen LogP contribution < -0.4 is 0 Å². The lowest BCUT2D eigenvalue weighted by molar-refractivity contribution is -0.185. The lowest BCUT2D eigenvalue weighted by Crippen LogP contribution is -2.50. The summed E-state index contributed by atoms with van der Waals surface area (Å²) in [4.78, 5) is 0.0382. The summed E-state index contributed by atoms with van der Waals surface area (Å²) in [6, 6.07) is 45.1. The van der Waals surface area contributed by atoms with Crippen molar-refractivity contribution in [1.82, 2.24) is 0 Å². The van der Waals surface area contributed by atoms with Gasteiger partial charge in [-0.25, -0.2) is 0 Å². The Morgan fingerprint density at radius 1 is 0.540 bits per heavy atom. The van der Waals surface area contributed by atoms with E-state index in [2.05, 4.69) is 5.92 Å². The van der Waals surface area contributed by atoms with Gasteiger partial charge >= 0.3 is 0 Å². The Morgan fingerprint density at radius 3 is 1.38 bits per heavy atom. The molecule has 0 aliphatic rings. The van der Waals surface area contributed by atoms with Crippen LogP contribution >= 0.6 is 0 Å². The van der Waals surface area contributed by atoms with Gasteiger partial charge in [0.25, 0.3) is 10.1 Å². The van der Waals surface area contributed by atoms with Gasteiger partial charge < -0.3 is 18.9 Å². The fourth-order valence-corrected chi connectivity index (χ4v) is 6.16. The molecule has 7 nitrogen and oxygen atoms in total. The van der Waals surface area contributed by atoms with Crippen LogP contribution in [0.15, 0.2) is 150 Å². The van der Waals surface area contributed by atoms with Gasteiger partial charge in [0.05, 0.1) is 37.9 Å². The molecule has 0 N–H and O–H groups in total. The third kappa shape index (κ3) is 11.2. The SMILES string of the molecule is C#C[C@@H](OCc1ccccc1)[C@@H](OCc1ccccc1)[C@H](OCc1ccccc1)[C@@H](COS(=O)(=O)c1ccc(C)cc1)OCc1ccccc1. The minimum Gasteiger partial charge on any atom is -0.368 e. The normalized spacial score (nSPS) is 13.9. The first kappa shape index (κ1) is 36.7. The average molecular weight is 691 g/mol. The summed E-state index contributed by atoms with van der Waals surface area (Å²) in [5.41, 5.74) is 4.56. The van der Waals surface area contributed by atoms with Crippen LogP contribution in [-0.2, 0) is 59.7 Å². The molecule has 50 heavy (non-hydrogen) atoms. The Kier molecular flexibility index (Phi) is 13.9. The highest BCUT2D eigenvalue weighted by molar-refractivity contribution is 7.86. The summed E-state index contributed by atoms with van der Waals surface area (Å²) in [6.45, 7) is 2.25. The van der Waals surface area contributed by atoms with Crippen LogP contribution in [0, 0.1) is 19.3 Å². The Labute approximate surface area is 295 Å². The van der Waals surface area contributed by atoms with E-state index >= 15 is 0 Å². The zero-order valence-corrected chi connectivity index (χ0v) is 28.9. The Balaban J connectivity index is 1.50. The standard InChI is InChI=1S/C42H42O7S/c1-3-39(45-28-34-16-8-4-9-17-34)41(47-30-36-20-12-6-13-21-36)42(48-31-37-22-14-7-15-23-37)40(46-29-35-18-10-5-11-19-35)32-49-50(43,44)38-26-24-33(2)25-27-38/h1,4-27,39-42H,28-32H2,2H3/t39-,40-,41-,42-/m1/s1. The topological polar surface area (TPSA) is 80.3 Å². The highest BCUT2D eigenvalue weighted by Crippen LogP contribution is 2.25. The molecule has 0 fully saturated rings. The first-order valence-electron chi connectivity index (χ1n) is 16.5. The molecule has 0 aliphatic carbocycles. The second-order valence-corrected chi connectivity index (χ2v) is 13.4. The van der Waals surface area contributed by atoms with Crippen molar-refractivity contribution in [3.63, 3.8) is 0 Å². The molecule has 4 atom stereocenters. The summed E-state index contributed by atoms with van der Waals surface area (Å²) < 4.78 is 58.7. The predicted molar refractivity (Wildman–Crippen MR) is 193 cm³/mol. The van der Waals surface area contributed by atoms with Crippen LogP contribution in [0.4, 0.5) is 0 Å². The molecular formula is C42H42O7S. The molecule has 0 heterocycles. The molecular weight excluding hydrogens is 649 g/mol. The molecule has 0 saturated heterocycles. The molecule has 5 aromatic carbocycles. The van der Waals surface area contributed by atoms with Gasteiger partial charge in [-0.1, -0.05) is 145 Å². The summed E-state index contributed by atoms with van der Waals surface area (Å²) in [5.74, 6) is 2.78. The van der Waals surface area contributed by atoms with Gasteiger partial charge in [0.1, 0.15) is 24.4 Å². The van der Waals surface area contributed by atoms with E-state index in [-0.39, 0.29) is 37.9 Å². The lowest BCUT2D eigenvalue weighted by atomic mass is 10.0. The summed E-state index contributed by atoms with van der Waals surface area (Å²) in [6.07, 6.45) is 2.46. The van der Waals surface area contributed by atoms with Crippen LogP contribution in [0.1, 0.15) is 27.8 Å². The number of hydrogen-bond donors (Lipinski definition) is 0. The third-order valence-electron chi connectivity index (χ3n) is 8.00. The lowest BCUT2D eigenvalue weighted by Gasteiger charge is -2.36. The number of hydrogen-bond acceptors (Lipinski definition) is 7. The van der Waals surface area contributed by atoms with Gasteiger partial charge in [0.15, 0.2) is 0 Å². The molecule has 0 unspecified atom stereocenters. The van der Waals surface area contributed by atoms with E-state index in [0.29, 0.717) is 0 Å². The predicted octanol–water partition coefficient (Wildman–Crippen LogP) is 7.68. The quantitative estimate of drug-likeness (QED) is 0.0650. The summed E-state index contributed by atoms with van der Waals surface area (Å²) >= 11 is 0. The highest BCUT2D eigenvalue weighted by Gasteiger charge is 2.39. The minimum absolute atomic E-state index is 0.0382. The van der Waals surface area contributed by atoms with Crippen LogP contribution in [0.2, 0.25) is 0 Å². The highest BCUT2D eigenvalue weighted by atomic mass is 32.2. The molecule has 5 aromatic rings. The molecule has 5 rings (SSSR count). The van der Waals surface area contributed by atoms with Gasteiger partial charge in [-0.2, -0.15) is 8.42 Å². The Bertz CT molecular complexity index is 1840. The van der Waals surface area contributed by atoms with Crippen LogP contribution in [0.25, 0.3) is 0 Å². The van der Waals surface area contributed by atoms with Crippen LogP contribution in [0.3, 0.4) is 0 Å². The molecule has 0 radical (unpaired) electrons. The first-order chi connectivity index (χ1) is 24.4. The molecule has 0 aromatic heterocycles. The van der Waals surface area contributed by atoms with Crippen molar-refractivity contribution in [2.24, 2.45) is 0 Å². The largest absolute Gasteiger partial charge is 0.368 e. The van der Waals surface area contributed by atoms with E-state index in [0.717, 1.165) is 27.8 Å². The van der Waals surface area contributed by atoms with Gasteiger partial charge in [-0.3, -0.25) is 4.18 Å². The maximum atomic E-state index is 13.4. The van der Waals surface area contributed by atoms with Crippen molar-refractivity contribution in [3.05, 3.63) is 173 Å². The van der Waals surface area contributed by atoms with E-state index in [1.165, 1.54) is 12.1 Å². The van der Waals surface area contributed by atoms with Crippen molar-refractivity contribution in [2.45, 2.75) is 62.7 Å². The number of benzene rings is 5. The number of ether oxygens (including phenoxy) is 4. The zero-order chi connectivity index (χ0) is 35.0. The molecule has 0 amide bonds. The average Bonchev–Trinajstić information content (AvgIpc) is 3.16. The molecule has 0 spiro atoms. The summed E-state index contributed by atoms with van der Waals surface area (Å²) in [7, 11) is -4.16. The number of aryl methyl sites for hydroxylation is 1.